The summed E-state index contributed by atoms with van der Waals surface area (Å²) in [6.45, 7) is 0.283. The lowest BCUT2D eigenvalue weighted by Gasteiger charge is -2.09. The Balaban J connectivity index is 1.83. The van der Waals surface area contributed by atoms with Crippen LogP contribution in [-0.2, 0) is 6.61 Å². The van der Waals surface area contributed by atoms with Gasteiger partial charge < -0.3 is 9.15 Å². The van der Waals surface area contributed by atoms with Crippen LogP contribution in [0.1, 0.15) is 16.3 Å². The first-order valence-electron chi connectivity index (χ1n) is 6.12. The van der Waals surface area contributed by atoms with Gasteiger partial charge in [-0.3, -0.25) is 4.79 Å². The highest BCUT2D eigenvalue weighted by Crippen LogP contribution is 2.33. The maximum Gasteiger partial charge on any atom is 0.185 e. The molecule has 0 saturated heterocycles. The largest absolute Gasteiger partial charge is 0.484 e. The zero-order valence-corrected chi connectivity index (χ0v) is 12.1. The maximum atomic E-state index is 10.6. The minimum absolute atomic E-state index is 0.283. The highest BCUT2D eigenvalue weighted by Gasteiger charge is 2.07. The van der Waals surface area contributed by atoms with Gasteiger partial charge in [0.05, 0.1) is 4.47 Å². The van der Waals surface area contributed by atoms with Crippen LogP contribution in [0, 0.1) is 0 Å². The average Bonchev–Trinajstić information content (AvgIpc) is 2.95. The molecule has 0 bridgehead atoms. The Hall–Kier alpha value is -2.07. The normalized spacial score (nSPS) is 10.7. The van der Waals surface area contributed by atoms with Gasteiger partial charge in [0.25, 0.3) is 0 Å². The Bertz CT molecular complexity index is 761. The average molecular weight is 331 g/mol. The van der Waals surface area contributed by atoms with Crippen LogP contribution in [0.4, 0.5) is 0 Å². The lowest BCUT2D eigenvalue weighted by molar-refractivity contribution is 0.109. The molecule has 0 spiro atoms. The predicted octanol–water partition coefficient (Wildman–Crippen LogP) is 4.59. The molecule has 0 aliphatic rings. The van der Waals surface area contributed by atoms with Gasteiger partial charge in [-0.1, -0.05) is 30.3 Å². The molecule has 1 aromatic heterocycles. The summed E-state index contributed by atoms with van der Waals surface area (Å²) < 4.78 is 11.9. The minimum atomic E-state index is 0.283. The molecule has 4 heteroatoms. The van der Waals surface area contributed by atoms with Crippen molar-refractivity contribution in [3.8, 4) is 5.75 Å². The maximum absolute atomic E-state index is 10.6. The summed E-state index contributed by atoms with van der Waals surface area (Å²) in [5.74, 6) is 1.67. The van der Waals surface area contributed by atoms with Gasteiger partial charge in [-0.25, -0.2) is 0 Å². The molecular weight excluding hydrogens is 320 g/mol. The third-order valence-corrected chi connectivity index (χ3v) is 3.81. The number of hydrogen-bond acceptors (Lipinski definition) is 3. The lowest BCUT2D eigenvalue weighted by Crippen LogP contribution is -1.94. The van der Waals surface area contributed by atoms with Gasteiger partial charge in [-0.15, -0.1) is 0 Å². The quantitative estimate of drug-likeness (QED) is 0.657. The van der Waals surface area contributed by atoms with Crippen molar-refractivity contribution in [2.75, 3.05) is 0 Å². The topological polar surface area (TPSA) is 39.4 Å². The van der Waals surface area contributed by atoms with E-state index in [0.29, 0.717) is 17.8 Å². The van der Waals surface area contributed by atoms with E-state index in [-0.39, 0.29) is 6.61 Å². The smallest absolute Gasteiger partial charge is 0.185 e. The molecule has 0 unspecified atom stereocenters. The summed E-state index contributed by atoms with van der Waals surface area (Å²) in [5, 5.41) is 2.24. The molecule has 0 saturated carbocycles. The Labute approximate surface area is 124 Å². The van der Waals surface area contributed by atoms with E-state index >= 15 is 0 Å². The third-order valence-electron chi connectivity index (χ3n) is 3.00. The second-order valence-electron chi connectivity index (χ2n) is 4.31. The van der Waals surface area contributed by atoms with Gasteiger partial charge in [-0.2, -0.15) is 0 Å². The second kappa shape index (κ2) is 5.51. The molecule has 0 aliphatic carbocycles. The summed E-state index contributed by atoms with van der Waals surface area (Å²) in [4.78, 5) is 10.6. The summed E-state index contributed by atoms with van der Waals surface area (Å²) in [6, 6.07) is 15.3. The second-order valence-corrected chi connectivity index (χ2v) is 5.10. The van der Waals surface area contributed by atoms with Gasteiger partial charge in [0.15, 0.2) is 12.0 Å². The van der Waals surface area contributed by atoms with Crippen molar-refractivity contribution in [2.24, 2.45) is 0 Å². The fraction of sp³-hybridized carbons (Fsp3) is 0.0625. The monoisotopic (exact) mass is 330 g/mol. The molecule has 3 aromatic rings. The van der Waals surface area contributed by atoms with E-state index < -0.39 is 0 Å². The van der Waals surface area contributed by atoms with Crippen molar-refractivity contribution in [2.45, 2.75) is 6.61 Å². The summed E-state index contributed by atoms with van der Waals surface area (Å²) >= 11 is 3.56. The van der Waals surface area contributed by atoms with E-state index in [1.807, 2.05) is 36.4 Å². The van der Waals surface area contributed by atoms with Crippen LogP contribution in [0.2, 0.25) is 0 Å². The Kier molecular flexibility index (Phi) is 3.56. The van der Waals surface area contributed by atoms with E-state index in [0.717, 1.165) is 21.0 Å². The molecule has 3 nitrogen and oxygen atoms in total. The van der Waals surface area contributed by atoms with E-state index in [4.69, 9.17) is 9.15 Å². The zero-order chi connectivity index (χ0) is 13.9. The minimum Gasteiger partial charge on any atom is -0.484 e. The highest BCUT2D eigenvalue weighted by molar-refractivity contribution is 9.10. The molecule has 0 aliphatic heterocycles. The number of halogens is 1. The molecule has 2 aromatic carbocycles. The number of aldehydes is 1. The van der Waals surface area contributed by atoms with Crippen LogP contribution in [0.5, 0.6) is 5.75 Å². The first kappa shape index (κ1) is 12.9. The van der Waals surface area contributed by atoms with Crippen molar-refractivity contribution < 1.29 is 13.9 Å². The van der Waals surface area contributed by atoms with Crippen molar-refractivity contribution in [1.29, 1.82) is 0 Å². The third kappa shape index (κ3) is 2.47. The summed E-state index contributed by atoms with van der Waals surface area (Å²) in [5.41, 5.74) is 0. The Morgan fingerprint density at radius 3 is 2.75 bits per heavy atom. The van der Waals surface area contributed by atoms with Crippen LogP contribution >= 0.6 is 15.9 Å². The van der Waals surface area contributed by atoms with Gasteiger partial charge in [-0.05, 0) is 44.9 Å². The molecule has 0 amide bonds. The number of carbonyl (C=O) groups is 1. The highest BCUT2D eigenvalue weighted by atomic mass is 79.9. The van der Waals surface area contributed by atoms with Crippen LogP contribution in [0.3, 0.4) is 0 Å². The van der Waals surface area contributed by atoms with Gasteiger partial charge in [0, 0.05) is 0 Å². The molecular formula is C16H11BrO3. The summed E-state index contributed by atoms with van der Waals surface area (Å²) in [6.07, 6.45) is 0.676. The number of rotatable bonds is 4. The van der Waals surface area contributed by atoms with E-state index in [9.17, 15) is 4.79 Å². The molecule has 0 fully saturated rings. The van der Waals surface area contributed by atoms with E-state index in [2.05, 4.69) is 15.9 Å². The lowest BCUT2D eigenvalue weighted by atomic mass is 10.1. The van der Waals surface area contributed by atoms with Crippen LogP contribution in [-0.4, -0.2) is 6.29 Å². The van der Waals surface area contributed by atoms with Crippen molar-refractivity contribution in [3.63, 3.8) is 0 Å². The zero-order valence-electron chi connectivity index (χ0n) is 10.5. The summed E-state index contributed by atoms with van der Waals surface area (Å²) in [7, 11) is 0. The standard InChI is InChI=1S/C16H11BrO3/c17-16-14-4-2-1-3-11(14)5-8-15(16)19-10-13-7-6-12(9-18)20-13/h1-9H,10H2. The van der Waals surface area contributed by atoms with Crippen LogP contribution in [0.25, 0.3) is 10.8 Å². The molecule has 1 heterocycles. The van der Waals surface area contributed by atoms with Crippen molar-refractivity contribution >= 4 is 33.0 Å². The van der Waals surface area contributed by atoms with Gasteiger partial charge in [0.1, 0.15) is 18.1 Å². The Morgan fingerprint density at radius 2 is 1.95 bits per heavy atom. The Morgan fingerprint density at radius 1 is 1.10 bits per heavy atom. The fourth-order valence-electron chi connectivity index (χ4n) is 2.01. The number of hydrogen-bond donors (Lipinski definition) is 0. The molecule has 0 atom stereocenters. The van der Waals surface area contributed by atoms with Gasteiger partial charge in [0.2, 0.25) is 0 Å². The van der Waals surface area contributed by atoms with Crippen LogP contribution in [0.15, 0.2) is 57.4 Å². The fourth-order valence-corrected chi connectivity index (χ4v) is 2.62. The van der Waals surface area contributed by atoms with Gasteiger partial charge >= 0.3 is 0 Å². The molecule has 0 radical (unpaired) electrons. The predicted molar refractivity (Wildman–Crippen MR) is 80.1 cm³/mol. The van der Waals surface area contributed by atoms with E-state index in [1.165, 1.54) is 0 Å². The molecule has 0 N–H and O–H groups in total. The number of carbonyl (C=O) groups excluding carboxylic acids is 1. The number of furan rings is 1. The number of benzene rings is 2. The SMILES string of the molecule is O=Cc1ccc(COc2ccc3ccccc3c2Br)o1. The van der Waals surface area contributed by atoms with Crippen molar-refractivity contribution in [1.82, 2.24) is 0 Å². The molecule has 3 rings (SSSR count). The number of ether oxygens (including phenoxy) is 1. The first-order chi connectivity index (χ1) is 9.78. The van der Waals surface area contributed by atoms with Crippen molar-refractivity contribution in [3.05, 3.63) is 64.5 Å². The molecule has 20 heavy (non-hydrogen) atoms. The van der Waals surface area contributed by atoms with Crippen LogP contribution < -0.4 is 4.74 Å². The number of fused-ring (bicyclic) bond motifs is 1. The first-order valence-corrected chi connectivity index (χ1v) is 6.91. The van der Waals surface area contributed by atoms with E-state index in [1.54, 1.807) is 12.1 Å². The molecule has 100 valence electrons.